The minimum absolute atomic E-state index is 0.520. The summed E-state index contributed by atoms with van der Waals surface area (Å²) < 4.78 is 12.8. The zero-order valence-electron chi connectivity index (χ0n) is 28.5. The molecule has 0 bridgehead atoms. The number of hydrogen-bond acceptors (Lipinski definition) is 4. The third-order valence-corrected chi connectivity index (χ3v) is 10.8. The van der Waals surface area contributed by atoms with Crippen LogP contribution in [0.15, 0.2) is 191 Å². The van der Waals surface area contributed by atoms with E-state index in [1.165, 1.54) is 33.4 Å². The average Bonchev–Trinajstić information content (AvgIpc) is 3.92. The Hall–Kier alpha value is -7.04. The Morgan fingerprint density at radius 2 is 1.06 bits per heavy atom. The van der Waals surface area contributed by atoms with Gasteiger partial charge in [-0.05, 0) is 69.8 Å². The molecule has 4 heteroatoms. The number of rotatable bonds is 5. The molecule has 0 fully saturated rings. The summed E-state index contributed by atoms with van der Waals surface area (Å²) in [5.74, 6) is 1.29. The Morgan fingerprint density at radius 1 is 0.415 bits per heavy atom. The topological polar surface area (TPSA) is 52.1 Å². The summed E-state index contributed by atoms with van der Waals surface area (Å²) >= 11 is 0. The maximum atomic E-state index is 6.43. The summed E-state index contributed by atoms with van der Waals surface area (Å²) in [6, 6.07) is 63.8. The molecule has 7 aromatic carbocycles. The highest BCUT2D eigenvalue weighted by atomic mass is 16.3. The van der Waals surface area contributed by atoms with E-state index in [0.29, 0.717) is 17.3 Å². The zero-order valence-corrected chi connectivity index (χ0v) is 28.5. The molecule has 10 aromatic rings. The molecule has 0 spiro atoms. The smallest absolute Gasteiger partial charge is 0.160 e. The van der Waals surface area contributed by atoms with Crippen LogP contribution in [0.4, 0.5) is 0 Å². The normalized spacial score (nSPS) is 13.1. The minimum atomic E-state index is -0.520. The fraction of sp³-hybridized carbons (Fsp3) is 0.0204. The molecule has 53 heavy (non-hydrogen) atoms. The van der Waals surface area contributed by atoms with Crippen LogP contribution >= 0.6 is 0 Å². The molecule has 248 valence electrons. The Labute approximate surface area is 305 Å². The van der Waals surface area contributed by atoms with Gasteiger partial charge in [-0.2, -0.15) is 0 Å². The molecule has 0 unspecified atom stereocenters. The zero-order chi connectivity index (χ0) is 34.9. The van der Waals surface area contributed by atoms with Crippen LogP contribution in [0.1, 0.15) is 22.3 Å². The van der Waals surface area contributed by atoms with Crippen molar-refractivity contribution in [2.24, 2.45) is 0 Å². The van der Waals surface area contributed by atoms with Gasteiger partial charge in [0.2, 0.25) is 0 Å². The van der Waals surface area contributed by atoms with Crippen molar-refractivity contribution in [2.75, 3.05) is 0 Å². The Balaban J connectivity index is 1.19. The predicted octanol–water partition coefficient (Wildman–Crippen LogP) is 12.5. The summed E-state index contributed by atoms with van der Waals surface area (Å²) in [5, 5.41) is 3.18. The van der Waals surface area contributed by atoms with Gasteiger partial charge in [-0.15, -0.1) is 0 Å². The summed E-state index contributed by atoms with van der Waals surface area (Å²) in [4.78, 5) is 10.5. The van der Waals surface area contributed by atoms with Crippen molar-refractivity contribution >= 4 is 32.9 Å². The van der Waals surface area contributed by atoms with Gasteiger partial charge in [0.1, 0.15) is 22.4 Å². The highest BCUT2D eigenvalue weighted by molar-refractivity contribution is 6.06. The maximum Gasteiger partial charge on any atom is 0.160 e. The van der Waals surface area contributed by atoms with E-state index in [4.69, 9.17) is 18.8 Å². The third kappa shape index (κ3) is 4.42. The van der Waals surface area contributed by atoms with Gasteiger partial charge in [0.05, 0.1) is 11.1 Å². The Bertz CT molecular complexity index is 2940. The van der Waals surface area contributed by atoms with E-state index < -0.39 is 5.41 Å². The first kappa shape index (κ1) is 29.7. The second-order valence-corrected chi connectivity index (χ2v) is 13.7. The summed E-state index contributed by atoms with van der Waals surface area (Å²) in [6.07, 6.45) is 0. The van der Waals surface area contributed by atoms with E-state index in [2.05, 4.69) is 146 Å². The van der Waals surface area contributed by atoms with Gasteiger partial charge >= 0.3 is 0 Å². The van der Waals surface area contributed by atoms with Gasteiger partial charge in [-0.3, -0.25) is 0 Å². The van der Waals surface area contributed by atoms with Gasteiger partial charge in [0.25, 0.3) is 0 Å². The van der Waals surface area contributed by atoms with E-state index in [9.17, 15) is 0 Å². The van der Waals surface area contributed by atoms with E-state index >= 15 is 0 Å². The highest BCUT2D eigenvalue weighted by Gasteiger charge is 2.46. The number of furan rings is 2. The Kier molecular flexibility index (Phi) is 6.43. The molecule has 0 radical (unpaired) electrons. The van der Waals surface area contributed by atoms with Crippen molar-refractivity contribution in [3.05, 3.63) is 204 Å². The fourth-order valence-electron chi connectivity index (χ4n) is 8.52. The average molecular weight is 679 g/mol. The van der Waals surface area contributed by atoms with Crippen molar-refractivity contribution in [2.45, 2.75) is 5.41 Å². The molecule has 11 rings (SSSR count). The first-order valence-electron chi connectivity index (χ1n) is 17.9. The van der Waals surface area contributed by atoms with Crippen LogP contribution in [-0.4, -0.2) is 9.97 Å². The molecule has 0 saturated heterocycles. The molecular formula is C49H30N2O2. The lowest BCUT2D eigenvalue weighted by Gasteiger charge is -2.33. The van der Waals surface area contributed by atoms with Crippen LogP contribution in [0.2, 0.25) is 0 Å². The second-order valence-electron chi connectivity index (χ2n) is 13.7. The monoisotopic (exact) mass is 678 g/mol. The lowest BCUT2D eigenvalue weighted by Crippen LogP contribution is -2.28. The molecular weight excluding hydrogens is 649 g/mol. The number of benzene rings is 7. The van der Waals surface area contributed by atoms with Crippen LogP contribution in [0, 0.1) is 0 Å². The van der Waals surface area contributed by atoms with Gasteiger partial charge in [0, 0.05) is 27.3 Å². The predicted molar refractivity (Wildman–Crippen MR) is 213 cm³/mol. The van der Waals surface area contributed by atoms with E-state index in [1.54, 1.807) is 0 Å². The molecule has 0 N–H and O–H groups in total. The third-order valence-electron chi connectivity index (χ3n) is 10.8. The number of nitrogens with zero attached hydrogens (tertiary/aromatic N) is 2. The summed E-state index contributed by atoms with van der Waals surface area (Å²) in [6.45, 7) is 0. The molecule has 4 nitrogen and oxygen atoms in total. The van der Waals surface area contributed by atoms with Gasteiger partial charge < -0.3 is 8.83 Å². The van der Waals surface area contributed by atoms with Crippen molar-refractivity contribution in [3.8, 4) is 45.2 Å². The van der Waals surface area contributed by atoms with Crippen LogP contribution in [0.5, 0.6) is 0 Å². The van der Waals surface area contributed by atoms with E-state index in [-0.39, 0.29) is 0 Å². The lowest BCUT2D eigenvalue weighted by atomic mass is 9.67. The molecule has 3 aromatic heterocycles. The van der Waals surface area contributed by atoms with Gasteiger partial charge in [-0.25, -0.2) is 9.97 Å². The molecule has 1 aliphatic carbocycles. The molecule has 0 saturated carbocycles. The molecule has 0 amide bonds. The quantitative estimate of drug-likeness (QED) is 0.182. The summed E-state index contributed by atoms with van der Waals surface area (Å²) in [5.41, 5.74) is 12.7. The number of aromatic nitrogens is 2. The van der Waals surface area contributed by atoms with Gasteiger partial charge in [-0.1, -0.05) is 146 Å². The van der Waals surface area contributed by atoms with Gasteiger partial charge in [0.15, 0.2) is 11.6 Å². The lowest BCUT2D eigenvalue weighted by molar-refractivity contribution is 0.628. The standard InChI is InChI=1S/C49H30N2O2/c1-3-15-33(16-4-1)49(34-17-5-2-6-18-34)39-22-10-8-20-37(39)47-38(21-13-23-40(47)49)41-30-42(46-28-31-14-7-11-24-43(31)52-46)51-48(50-41)32-26-27-36-35-19-9-12-25-44(35)53-45(36)29-32/h1-30H. The van der Waals surface area contributed by atoms with Crippen LogP contribution < -0.4 is 0 Å². The first-order valence-corrected chi connectivity index (χ1v) is 17.9. The molecule has 0 aliphatic heterocycles. The van der Waals surface area contributed by atoms with Crippen LogP contribution in [0.3, 0.4) is 0 Å². The fourth-order valence-corrected chi connectivity index (χ4v) is 8.52. The SMILES string of the molecule is c1ccc(C2(c3ccccc3)c3ccccc3-c3c(-c4cc(-c5cc6ccccc6o5)nc(-c5ccc6c(c5)oc5ccccc56)n4)cccc32)cc1. The minimum Gasteiger partial charge on any atom is -0.456 e. The largest absolute Gasteiger partial charge is 0.456 e. The van der Waals surface area contributed by atoms with Crippen LogP contribution in [-0.2, 0) is 5.41 Å². The van der Waals surface area contributed by atoms with E-state index in [1.807, 2.05) is 36.4 Å². The number of hydrogen-bond donors (Lipinski definition) is 0. The van der Waals surface area contributed by atoms with Crippen LogP contribution in [0.25, 0.3) is 78.1 Å². The molecule has 0 atom stereocenters. The first-order chi connectivity index (χ1) is 26.3. The van der Waals surface area contributed by atoms with Crippen molar-refractivity contribution in [1.29, 1.82) is 0 Å². The van der Waals surface area contributed by atoms with Crippen molar-refractivity contribution in [1.82, 2.24) is 9.97 Å². The van der Waals surface area contributed by atoms with Crippen molar-refractivity contribution < 1.29 is 8.83 Å². The highest BCUT2D eigenvalue weighted by Crippen LogP contribution is 2.58. The number of para-hydroxylation sites is 2. The van der Waals surface area contributed by atoms with Crippen molar-refractivity contribution in [3.63, 3.8) is 0 Å². The molecule has 3 heterocycles. The second kappa shape index (κ2) is 11.5. The summed E-state index contributed by atoms with van der Waals surface area (Å²) in [7, 11) is 0. The molecule has 1 aliphatic rings. The number of fused-ring (bicyclic) bond motifs is 7. The Morgan fingerprint density at radius 3 is 1.87 bits per heavy atom. The van der Waals surface area contributed by atoms with E-state index in [0.717, 1.165) is 49.7 Å². The maximum absolute atomic E-state index is 6.43.